The molecule has 14 nitrogen and oxygen atoms in total. The number of ether oxygens (including phenoxy) is 4. The van der Waals surface area contributed by atoms with Crippen molar-refractivity contribution < 1.29 is 47.7 Å². The molecule has 368 valence electrons. The molecule has 66 heavy (non-hydrogen) atoms. The van der Waals surface area contributed by atoms with Gasteiger partial charge in [0.2, 0.25) is 0 Å². The van der Waals surface area contributed by atoms with Crippen molar-refractivity contribution in [2.75, 3.05) is 41.3 Å². The fraction of sp³-hybridized carbons (Fsp3) is 0.654. The van der Waals surface area contributed by atoms with Gasteiger partial charge in [0.05, 0.1) is 0 Å². The zero-order valence-electron chi connectivity index (χ0n) is 42.2. The molecule has 1 aliphatic heterocycles. The van der Waals surface area contributed by atoms with E-state index < -0.39 is 84.3 Å². The summed E-state index contributed by atoms with van der Waals surface area (Å²) in [6.45, 7) is 19.4. The summed E-state index contributed by atoms with van der Waals surface area (Å²) in [5, 5.41) is 0. The number of cyclic esters (lactones) is 4. The van der Waals surface area contributed by atoms with Crippen molar-refractivity contribution in [3.05, 3.63) is 71.8 Å². The van der Waals surface area contributed by atoms with E-state index in [1.54, 1.807) is 37.7 Å². The summed E-state index contributed by atoms with van der Waals surface area (Å²) >= 11 is 0. The molecule has 1 saturated heterocycles. The van der Waals surface area contributed by atoms with Crippen LogP contribution in [0.4, 0.5) is 0 Å². The summed E-state index contributed by atoms with van der Waals surface area (Å²) in [5.41, 5.74) is 1.53. The zero-order chi connectivity index (χ0) is 49.4. The molecule has 0 spiro atoms. The molecule has 2 amide bonds. The van der Waals surface area contributed by atoms with E-state index in [0.29, 0.717) is 12.8 Å². The van der Waals surface area contributed by atoms with Gasteiger partial charge in [0.25, 0.3) is 11.8 Å². The molecule has 0 aliphatic carbocycles. The van der Waals surface area contributed by atoms with Gasteiger partial charge in [-0.3, -0.25) is 29.0 Å². The van der Waals surface area contributed by atoms with Crippen LogP contribution in [0.15, 0.2) is 60.7 Å². The monoisotopic (exact) mass is 921 g/mol. The van der Waals surface area contributed by atoms with Crippen molar-refractivity contribution in [1.82, 2.24) is 19.6 Å². The highest BCUT2D eigenvalue weighted by molar-refractivity contribution is 5.90. The summed E-state index contributed by atoms with van der Waals surface area (Å²) in [6, 6.07) is 14.8. The van der Waals surface area contributed by atoms with Gasteiger partial charge in [-0.05, 0) is 88.4 Å². The molecule has 3 rings (SSSR count). The van der Waals surface area contributed by atoms with Crippen LogP contribution in [0.1, 0.15) is 106 Å². The third-order valence-corrected chi connectivity index (χ3v) is 11.9. The fourth-order valence-electron chi connectivity index (χ4n) is 8.43. The van der Waals surface area contributed by atoms with Gasteiger partial charge in [-0.2, -0.15) is 0 Å². The Morgan fingerprint density at radius 3 is 1.00 bits per heavy atom. The van der Waals surface area contributed by atoms with Gasteiger partial charge in [0.1, 0.15) is 36.4 Å². The van der Waals surface area contributed by atoms with E-state index in [1.165, 1.54) is 23.9 Å². The van der Waals surface area contributed by atoms with Crippen molar-refractivity contribution >= 4 is 35.7 Å². The highest BCUT2D eigenvalue weighted by Gasteiger charge is 2.40. The maximum absolute atomic E-state index is 14.6. The lowest BCUT2D eigenvalue weighted by molar-refractivity contribution is -0.171. The van der Waals surface area contributed by atoms with Crippen molar-refractivity contribution in [3.8, 4) is 0 Å². The first-order valence-corrected chi connectivity index (χ1v) is 23.8. The normalized spacial score (nSPS) is 26.1. The number of carbonyl (C=O) groups is 6. The molecule has 1 fully saturated rings. The first-order valence-electron chi connectivity index (χ1n) is 23.8. The minimum atomic E-state index is -1.28. The lowest BCUT2D eigenvalue weighted by Crippen LogP contribution is -2.53. The first kappa shape index (κ1) is 55.5. The summed E-state index contributed by atoms with van der Waals surface area (Å²) < 4.78 is 24.6. The predicted molar refractivity (Wildman–Crippen MR) is 255 cm³/mol. The Labute approximate surface area is 395 Å². The van der Waals surface area contributed by atoms with E-state index in [2.05, 4.69) is 0 Å². The van der Waals surface area contributed by atoms with Gasteiger partial charge in [-0.25, -0.2) is 9.59 Å². The number of hydrogen-bond acceptors (Lipinski definition) is 12. The third kappa shape index (κ3) is 17.4. The fourth-order valence-corrected chi connectivity index (χ4v) is 8.43. The largest absolute Gasteiger partial charge is 0.460 e. The molecule has 0 saturated carbocycles. The van der Waals surface area contributed by atoms with Gasteiger partial charge in [-0.15, -0.1) is 0 Å². The Kier molecular flexibility index (Phi) is 22.3. The van der Waals surface area contributed by atoms with Crippen LogP contribution < -0.4 is 0 Å². The number of carbonyl (C=O) groups excluding carboxylic acids is 6. The van der Waals surface area contributed by atoms with Crippen LogP contribution in [0.5, 0.6) is 0 Å². The summed E-state index contributed by atoms with van der Waals surface area (Å²) in [4.78, 5) is 92.7. The van der Waals surface area contributed by atoms with E-state index in [1.807, 2.05) is 116 Å². The average Bonchev–Trinajstić information content (AvgIpc) is 3.23. The Balaban J connectivity index is 2.17. The number of likely N-dealkylation sites (N-methyl/N-ethyl adjacent to an activating group) is 4. The molecule has 0 bridgehead atoms. The number of hydrogen-bond donors (Lipinski definition) is 0. The Morgan fingerprint density at radius 2 is 0.712 bits per heavy atom. The lowest BCUT2D eigenvalue weighted by Gasteiger charge is -2.35. The molecular weight excluding hydrogens is 841 g/mol. The smallest absolute Gasteiger partial charge is 0.329 e. The second kappa shape index (κ2) is 26.5. The molecular formula is C52H80N4O10. The lowest BCUT2D eigenvalue weighted by atomic mass is 10.00. The van der Waals surface area contributed by atoms with E-state index in [-0.39, 0.29) is 62.4 Å². The van der Waals surface area contributed by atoms with Gasteiger partial charge in [0.15, 0.2) is 12.2 Å². The summed E-state index contributed by atoms with van der Waals surface area (Å²) in [5.74, 6) is -3.57. The Bertz CT molecular complexity index is 1720. The molecule has 1 aliphatic rings. The van der Waals surface area contributed by atoms with Crippen LogP contribution in [0.2, 0.25) is 0 Å². The highest BCUT2D eigenvalue weighted by Crippen LogP contribution is 2.23. The SMILES string of the molecule is CC(C)C[C@H]1C(=O)O[C@H](Cc2ccccc2)C(=O)N(C)[C@@H](CC(C)C)C(=O)O[C@H](C)CN(C)[C@@H](CC(C)C)C(=O)O[C@H](Cc2ccccc2)C(=O)N(C)[C@@H](CC(C)C)C(=O)O[C@H](C)CN1C. The number of rotatable bonds is 12. The highest BCUT2D eigenvalue weighted by atomic mass is 16.6. The van der Waals surface area contributed by atoms with Crippen molar-refractivity contribution in [3.63, 3.8) is 0 Å². The second-order valence-electron chi connectivity index (χ2n) is 20.1. The topological polar surface area (TPSA) is 152 Å². The van der Waals surface area contributed by atoms with E-state index in [0.717, 1.165) is 11.1 Å². The molecule has 2 aromatic rings. The van der Waals surface area contributed by atoms with Gasteiger partial charge in [0, 0.05) is 40.0 Å². The second-order valence-corrected chi connectivity index (χ2v) is 20.1. The summed E-state index contributed by atoms with van der Waals surface area (Å²) in [7, 11) is 6.55. The minimum Gasteiger partial charge on any atom is -0.460 e. The first-order chi connectivity index (χ1) is 31.0. The van der Waals surface area contributed by atoms with Crippen LogP contribution in [-0.4, -0.2) is 145 Å². The van der Waals surface area contributed by atoms with Crippen LogP contribution in [-0.2, 0) is 60.6 Å². The number of esters is 4. The molecule has 2 aromatic carbocycles. The maximum atomic E-state index is 14.6. The quantitative estimate of drug-likeness (QED) is 0.166. The van der Waals surface area contributed by atoms with Crippen molar-refractivity contribution in [2.45, 2.75) is 156 Å². The minimum absolute atomic E-state index is 0.0191. The number of nitrogens with zero attached hydrogens (tertiary/aromatic N) is 4. The van der Waals surface area contributed by atoms with Crippen LogP contribution in [0.3, 0.4) is 0 Å². The van der Waals surface area contributed by atoms with Gasteiger partial charge < -0.3 is 28.7 Å². The van der Waals surface area contributed by atoms with E-state index >= 15 is 0 Å². The molecule has 0 radical (unpaired) electrons. The standard InChI is InChI=1S/C52H80N4O10/c1-33(2)25-41-49(59)65-45(29-39-21-17-15-18-22-39)47(57)55(13)44(28-36(7)8)52(62)64-38(10)32-54(12)42(26-34(3)4)50(60)66-46(30-40-23-19-16-20-24-40)48(58)56(14)43(27-35(5)6)51(61)63-37(9)31-53(41)11/h15-24,33-38,41-46H,25-32H2,1-14H3/t37-,38-,41+,42+,43+,44+,45-,46-/m1/s1. The summed E-state index contributed by atoms with van der Waals surface area (Å²) in [6.07, 6.45) is -2.61. The molecule has 0 N–H and O–H groups in total. The van der Waals surface area contributed by atoms with E-state index in [9.17, 15) is 28.8 Å². The Hall–Kier alpha value is -4.82. The third-order valence-electron chi connectivity index (χ3n) is 11.9. The van der Waals surface area contributed by atoms with Crippen molar-refractivity contribution in [1.29, 1.82) is 0 Å². The molecule has 1 heterocycles. The van der Waals surface area contributed by atoms with E-state index in [4.69, 9.17) is 18.9 Å². The molecule has 0 unspecified atom stereocenters. The number of benzene rings is 2. The van der Waals surface area contributed by atoms with Gasteiger partial charge in [-0.1, -0.05) is 116 Å². The number of amides is 2. The van der Waals surface area contributed by atoms with Crippen molar-refractivity contribution in [2.24, 2.45) is 23.7 Å². The maximum Gasteiger partial charge on any atom is 0.329 e. The zero-order valence-corrected chi connectivity index (χ0v) is 42.2. The van der Waals surface area contributed by atoms with Crippen LogP contribution in [0.25, 0.3) is 0 Å². The molecule has 8 atom stereocenters. The predicted octanol–water partition coefficient (Wildman–Crippen LogP) is 6.61. The molecule has 0 aromatic heterocycles. The van der Waals surface area contributed by atoms with Crippen LogP contribution >= 0.6 is 0 Å². The Morgan fingerprint density at radius 1 is 0.439 bits per heavy atom. The van der Waals surface area contributed by atoms with Crippen LogP contribution in [0, 0.1) is 23.7 Å². The molecule has 14 heteroatoms. The van der Waals surface area contributed by atoms with Gasteiger partial charge >= 0.3 is 23.9 Å². The average molecular weight is 921 g/mol.